The van der Waals surface area contributed by atoms with Crippen LogP contribution in [0.1, 0.15) is 0 Å². The van der Waals surface area contributed by atoms with Gasteiger partial charge in [-0.2, -0.15) is 0 Å². The molecule has 29 heavy (non-hydrogen) atoms. The van der Waals surface area contributed by atoms with Crippen LogP contribution in [0.15, 0.2) is 63.8 Å². The maximum atomic E-state index is 12.4. The van der Waals surface area contributed by atoms with Gasteiger partial charge in [-0.3, -0.25) is 4.79 Å². The quantitative estimate of drug-likeness (QED) is 0.502. The summed E-state index contributed by atoms with van der Waals surface area (Å²) in [6, 6.07) is 15.1. The van der Waals surface area contributed by atoms with Crippen LogP contribution in [0.3, 0.4) is 0 Å². The molecular weight excluding hydrogens is 380 g/mol. The van der Waals surface area contributed by atoms with E-state index >= 15 is 0 Å². The molecule has 152 valence electrons. The minimum atomic E-state index is -1.55. The summed E-state index contributed by atoms with van der Waals surface area (Å²) in [4.78, 5) is 12.4. The number of benzene rings is 2. The third kappa shape index (κ3) is 3.76. The molecule has 8 nitrogen and oxygen atoms in total. The second kappa shape index (κ2) is 7.94. The number of aliphatic hydroxyl groups is 4. The number of aliphatic hydroxyl groups excluding tert-OH is 4. The average Bonchev–Trinajstić information content (AvgIpc) is 2.74. The molecule has 4 N–H and O–H groups in total. The predicted octanol–water partition coefficient (Wildman–Crippen LogP) is 0.639. The SMILES string of the molecule is O=c1cc(-c2ccccc2)oc2cc(O[C@@H]3O[C@H](CO)[C@@H](O)[C@@H](O)[C@H]3O)ccc12. The summed E-state index contributed by atoms with van der Waals surface area (Å²) in [5.41, 5.74) is 0.801. The molecule has 0 amide bonds. The summed E-state index contributed by atoms with van der Waals surface area (Å²) in [5.74, 6) is 0.614. The van der Waals surface area contributed by atoms with E-state index in [1.165, 1.54) is 24.3 Å². The van der Waals surface area contributed by atoms with Gasteiger partial charge < -0.3 is 34.3 Å². The second-order valence-electron chi connectivity index (χ2n) is 6.81. The van der Waals surface area contributed by atoms with Gasteiger partial charge in [0.1, 0.15) is 41.5 Å². The maximum Gasteiger partial charge on any atom is 0.229 e. The van der Waals surface area contributed by atoms with Crippen molar-refractivity contribution in [2.45, 2.75) is 30.7 Å². The van der Waals surface area contributed by atoms with Gasteiger partial charge in [-0.1, -0.05) is 30.3 Å². The molecule has 1 aromatic heterocycles. The molecule has 0 bridgehead atoms. The zero-order valence-electron chi connectivity index (χ0n) is 15.2. The van der Waals surface area contributed by atoms with Gasteiger partial charge in [0, 0.05) is 17.7 Å². The molecule has 1 aliphatic rings. The van der Waals surface area contributed by atoms with Crippen LogP contribution in [-0.4, -0.2) is 57.7 Å². The van der Waals surface area contributed by atoms with Crippen LogP contribution < -0.4 is 10.2 Å². The predicted molar refractivity (Wildman–Crippen MR) is 102 cm³/mol. The van der Waals surface area contributed by atoms with Gasteiger partial charge in [-0.05, 0) is 12.1 Å². The van der Waals surface area contributed by atoms with E-state index in [1.807, 2.05) is 30.3 Å². The van der Waals surface area contributed by atoms with Crippen molar-refractivity contribution in [3.05, 3.63) is 64.8 Å². The van der Waals surface area contributed by atoms with Crippen LogP contribution in [-0.2, 0) is 4.74 Å². The second-order valence-corrected chi connectivity index (χ2v) is 6.81. The van der Waals surface area contributed by atoms with E-state index in [9.17, 15) is 25.2 Å². The normalized spacial score (nSPS) is 27.1. The Morgan fingerprint density at radius 2 is 1.69 bits per heavy atom. The summed E-state index contributed by atoms with van der Waals surface area (Å²) < 4.78 is 16.8. The van der Waals surface area contributed by atoms with Gasteiger partial charge in [0.25, 0.3) is 0 Å². The Kier molecular flexibility index (Phi) is 5.35. The Morgan fingerprint density at radius 3 is 2.41 bits per heavy atom. The lowest BCUT2D eigenvalue weighted by Gasteiger charge is -2.39. The van der Waals surface area contributed by atoms with Crippen molar-refractivity contribution in [3.63, 3.8) is 0 Å². The van der Waals surface area contributed by atoms with Crippen LogP contribution in [0.5, 0.6) is 5.75 Å². The average molecular weight is 400 g/mol. The molecule has 0 spiro atoms. The fraction of sp³-hybridized carbons (Fsp3) is 0.286. The highest BCUT2D eigenvalue weighted by Crippen LogP contribution is 2.28. The van der Waals surface area contributed by atoms with E-state index in [1.54, 1.807) is 0 Å². The van der Waals surface area contributed by atoms with Gasteiger partial charge in [-0.25, -0.2) is 0 Å². The van der Waals surface area contributed by atoms with Gasteiger partial charge in [0.2, 0.25) is 6.29 Å². The van der Waals surface area contributed by atoms with E-state index in [4.69, 9.17) is 13.9 Å². The topological polar surface area (TPSA) is 130 Å². The molecular formula is C21H20O8. The lowest BCUT2D eigenvalue weighted by Crippen LogP contribution is -2.60. The molecule has 0 unspecified atom stereocenters. The minimum Gasteiger partial charge on any atom is -0.462 e. The van der Waals surface area contributed by atoms with E-state index in [0.29, 0.717) is 11.1 Å². The Morgan fingerprint density at radius 1 is 0.931 bits per heavy atom. The first-order valence-corrected chi connectivity index (χ1v) is 9.08. The minimum absolute atomic E-state index is 0.218. The molecule has 0 radical (unpaired) electrons. The summed E-state index contributed by atoms with van der Waals surface area (Å²) >= 11 is 0. The number of hydrogen-bond donors (Lipinski definition) is 4. The summed E-state index contributed by atoms with van der Waals surface area (Å²) in [5, 5.41) is 39.5. The van der Waals surface area contributed by atoms with Gasteiger partial charge in [0.15, 0.2) is 5.43 Å². The van der Waals surface area contributed by atoms with Crippen LogP contribution >= 0.6 is 0 Å². The largest absolute Gasteiger partial charge is 0.462 e. The van der Waals surface area contributed by atoms with E-state index in [-0.39, 0.29) is 16.8 Å². The standard InChI is InChI=1S/C21H20O8/c22-10-17-18(24)19(25)20(26)21(29-17)27-12-6-7-13-14(23)9-15(28-16(13)8-12)11-4-2-1-3-5-11/h1-9,17-22,24-26H,10H2/t17-,18-,19-,20-,21-/m1/s1. The Hall–Kier alpha value is -2.75. The molecule has 8 heteroatoms. The van der Waals surface area contributed by atoms with Gasteiger partial charge in [0.05, 0.1) is 12.0 Å². The molecule has 1 saturated heterocycles. The molecule has 1 aliphatic heterocycles. The van der Waals surface area contributed by atoms with Crippen LogP contribution in [0.4, 0.5) is 0 Å². The van der Waals surface area contributed by atoms with E-state index < -0.39 is 37.3 Å². The fourth-order valence-corrected chi connectivity index (χ4v) is 3.25. The van der Waals surface area contributed by atoms with Crippen LogP contribution in [0, 0.1) is 0 Å². The van der Waals surface area contributed by atoms with Crippen molar-refractivity contribution < 1.29 is 34.3 Å². The fourth-order valence-electron chi connectivity index (χ4n) is 3.25. The molecule has 0 saturated carbocycles. The third-order valence-corrected chi connectivity index (χ3v) is 4.86. The first-order chi connectivity index (χ1) is 14.0. The summed E-state index contributed by atoms with van der Waals surface area (Å²) in [6.07, 6.45) is -6.97. The smallest absolute Gasteiger partial charge is 0.229 e. The lowest BCUT2D eigenvalue weighted by molar-refractivity contribution is -0.277. The molecule has 5 atom stereocenters. The molecule has 1 fully saturated rings. The first-order valence-electron chi connectivity index (χ1n) is 9.08. The molecule has 3 aromatic rings. The number of hydrogen-bond acceptors (Lipinski definition) is 8. The maximum absolute atomic E-state index is 12.4. The number of fused-ring (bicyclic) bond motifs is 1. The highest BCUT2D eigenvalue weighted by Gasteiger charge is 2.44. The number of rotatable bonds is 4. The third-order valence-electron chi connectivity index (χ3n) is 4.86. The van der Waals surface area contributed by atoms with Crippen molar-refractivity contribution in [1.82, 2.24) is 0 Å². The molecule has 2 aromatic carbocycles. The molecule has 2 heterocycles. The molecule has 4 rings (SSSR count). The van der Waals surface area contributed by atoms with E-state index in [0.717, 1.165) is 5.56 Å². The molecule has 0 aliphatic carbocycles. The highest BCUT2D eigenvalue weighted by atomic mass is 16.7. The zero-order chi connectivity index (χ0) is 20.5. The Balaban J connectivity index is 1.66. The summed E-state index contributed by atoms with van der Waals surface area (Å²) in [6.45, 7) is -0.558. The zero-order valence-corrected chi connectivity index (χ0v) is 15.2. The van der Waals surface area contributed by atoms with Crippen molar-refractivity contribution in [3.8, 4) is 17.1 Å². The summed E-state index contributed by atoms with van der Waals surface area (Å²) in [7, 11) is 0. The van der Waals surface area contributed by atoms with Gasteiger partial charge in [-0.15, -0.1) is 0 Å². The Labute approximate surface area is 165 Å². The van der Waals surface area contributed by atoms with Crippen LogP contribution in [0.2, 0.25) is 0 Å². The van der Waals surface area contributed by atoms with Crippen molar-refractivity contribution in [2.24, 2.45) is 0 Å². The monoisotopic (exact) mass is 400 g/mol. The number of ether oxygens (including phenoxy) is 2. The first kappa shape index (κ1) is 19.6. The van der Waals surface area contributed by atoms with Crippen molar-refractivity contribution in [1.29, 1.82) is 0 Å². The Bertz CT molecular complexity index is 1050. The van der Waals surface area contributed by atoms with E-state index in [2.05, 4.69) is 0 Å². The van der Waals surface area contributed by atoms with Crippen molar-refractivity contribution >= 4 is 11.0 Å². The lowest BCUT2D eigenvalue weighted by atomic mass is 9.99. The van der Waals surface area contributed by atoms with Crippen LogP contribution in [0.25, 0.3) is 22.3 Å². The van der Waals surface area contributed by atoms with Gasteiger partial charge >= 0.3 is 0 Å². The van der Waals surface area contributed by atoms with Crippen molar-refractivity contribution in [2.75, 3.05) is 6.61 Å². The highest BCUT2D eigenvalue weighted by molar-refractivity contribution is 5.80.